The third-order valence-electron chi connectivity index (χ3n) is 5.29. The summed E-state index contributed by atoms with van der Waals surface area (Å²) in [4.78, 5) is 4.69. The number of benzene rings is 2. The first-order valence-corrected chi connectivity index (χ1v) is 12.6. The monoisotopic (exact) mass is 485 g/mol. The molecule has 0 spiro atoms. The number of nitrogens with one attached hydrogen (secondary N) is 1. The number of hydrogen-bond donors (Lipinski definition) is 1. The summed E-state index contributed by atoms with van der Waals surface area (Å²) in [5, 5.41) is 5.06. The summed E-state index contributed by atoms with van der Waals surface area (Å²) in [5.74, 6) is 0.292. The fourth-order valence-electron chi connectivity index (χ4n) is 3.61. The van der Waals surface area contributed by atoms with E-state index in [1.807, 2.05) is 30.5 Å². The smallest absolute Gasteiger partial charge is 0.242 e. The van der Waals surface area contributed by atoms with Crippen molar-refractivity contribution in [2.24, 2.45) is 10.1 Å². The maximum atomic E-state index is 14.4. The van der Waals surface area contributed by atoms with Crippen LogP contribution in [-0.2, 0) is 10.0 Å². The molecule has 3 aromatic rings. The van der Waals surface area contributed by atoms with Crippen LogP contribution >= 0.6 is 11.8 Å². The summed E-state index contributed by atoms with van der Waals surface area (Å²) < 4.78 is 42.2. The molecule has 1 aliphatic rings. The maximum absolute atomic E-state index is 14.4. The Kier molecular flexibility index (Phi) is 6.42. The largest absolute Gasteiger partial charge is 0.315 e. The lowest BCUT2D eigenvalue weighted by atomic mass is 10.1. The van der Waals surface area contributed by atoms with Gasteiger partial charge in [-0.05, 0) is 50.2 Å². The fourth-order valence-corrected chi connectivity index (χ4v) is 5.33. The quantitative estimate of drug-likeness (QED) is 0.587. The number of thioether (sulfide) groups is 1. The Bertz CT molecular complexity index is 1380. The van der Waals surface area contributed by atoms with Crippen LogP contribution in [0.4, 0.5) is 10.1 Å². The van der Waals surface area contributed by atoms with Gasteiger partial charge in [0.25, 0.3) is 0 Å². The minimum Gasteiger partial charge on any atom is -0.315 e. The SMILES string of the molecule is Cc1cc(C2=NNC(=Nc3cccc(S(=O)(=O)N(C)C)c3)SC2)c(C)n1-c1ccccc1F. The highest BCUT2D eigenvalue weighted by Gasteiger charge is 2.21. The summed E-state index contributed by atoms with van der Waals surface area (Å²) in [6.45, 7) is 3.89. The van der Waals surface area contributed by atoms with Gasteiger partial charge < -0.3 is 4.57 Å². The van der Waals surface area contributed by atoms with Crippen molar-refractivity contribution in [3.05, 3.63) is 77.4 Å². The Balaban J connectivity index is 1.59. The van der Waals surface area contributed by atoms with Crippen molar-refractivity contribution in [2.75, 3.05) is 19.8 Å². The molecule has 0 amide bonds. The number of rotatable bonds is 5. The minimum absolute atomic E-state index is 0.180. The lowest BCUT2D eigenvalue weighted by molar-refractivity contribution is 0.521. The molecule has 2 heterocycles. The minimum atomic E-state index is -3.54. The molecule has 2 aromatic carbocycles. The second-order valence-corrected chi connectivity index (χ2v) is 10.8. The standard InChI is InChI=1S/C23H24FN5O2S2/c1-15-12-19(16(2)29(15)22-11-6-5-10-20(22)24)21-14-32-23(27-26-21)25-17-8-7-9-18(13-17)33(30,31)28(3)4/h5-13H,14H2,1-4H3,(H,25,27). The van der Waals surface area contributed by atoms with Crippen LogP contribution < -0.4 is 5.43 Å². The van der Waals surface area contributed by atoms with Gasteiger partial charge in [0.05, 0.1) is 22.0 Å². The Morgan fingerprint density at radius 3 is 2.55 bits per heavy atom. The van der Waals surface area contributed by atoms with Crippen LogP contribution in [0.2, 0.25) is 0 Å². The normalized spacial score (nSPS) is 15.6. The van der Waals surface area contributed by atoms with Gasteiger partial charge in [0.15, 0.2) is 5.17 Å². The summed E-state index contributed by atoms with van der Waals surface area (Å²) in [6, 6.07) is 15.2. The zero-order valence-corrected chi connectivity index (χ0v) is 20.3. The molecular formula is C23H24FN5O2S2. The first-order valence-electron chi connectivity index (χ1n) is 10.2. The van der Waals surface area contributed by atoms with Crippen molar-refractivity contribution in [3.8, 4) is 5.69 Å². The Hall–Kier alpha value is -2.95. The number of aliphatic imine (C=N–C) groups is 1. The van der Waals surface area contributed by atoms with E-state index in [0.717, 1.165) is 22.7 Å². The van der Waals surface area contributed by atoms with Crippen LogP contribution in [-0.4, -0.2) is 48.0 Å². The molecule has 1 aromatic heterocycles. The van der Waals surface area contributed by atoms with Gasteiger partial charge in [0.1, 0.15) is 5.82 Å². The second kappa shape index (κ2) is 9.12. The van der Waals surface area contributed by atoms with E-state index in [-0.39, 0.29) is 10.7 Å². The van der Waals surface area contributed by atoms with Gasteiger partial charge in [-0.15, -0.1) is 0 Å². The molecule has 33 heavy (non-hydrogen) atoms. The molecular weight excluding hydrogens is 461 g/mol. The molecule has 0 saturated carbocycles. The Labute approximate surface area is 197 Å². The van der Waals surface area contributed by atoms with Gasteiger partial charge in [0.2, 0.25) is 10.0 Å². The van der Waals surface area contributed by atoms with E-state index in [1.165, 1.54) is 42.3 Å². The van der Waals surface area contributed by atoms with E-state index in [2.05, 4.69) is 15.5 Å². The zero-order chi connectivity index (χ0) is 23.8. The molecule has 0 fully saturated rings. The van der Waals surface area contributed by atoms with Gasteiger partial charge in [-0.25, -0.2) is 22.1 Å². The number of hydrogen-bond acceptors (Lipinski definition) is 5. The van der Waals surface area contributed by atoms with Crippen LogP contribution in [0.15, 0.2) is 69.6 Å². The zero-order valence-electron chi connectivity index (χ0n) is 18.7. The topological polar surface area (TPSA) is 79.1 Å². The van der Waals surface area contributed by atoms with Crippen LogP contribution in [0.3, 0.4) is 0 Å². The van der Waals surface area contributed by atoms with Gasteiger partial charge in [-0.2, -0.15) is 5.10 Å². The summed E-state index contributed by atoms with van der Waals surface area (Å²) in [6.07, 6.45) is 0. The van der Waals surface area contributed by atoms with E-state index in [1.54, 1.807) is 30.3 Å². The highest BCUT2D eigenvalue weighted by Crippen LogP contribution is 2.26. The summed E-state index contributed by atoms with van der Waals surface area (Å²) in [5.41, 5.74) is 7.57. The van der Waals surface area contributed by atoms with Crippen molar-refractivity contribution in [2.45, 2.75) is 18.7 Å². The number of para-hydroxylation sites is 1. The average Bonchev–Trinajstić information content (AvgIpc) is 3.08. The number of amidine groups is 1. The molecule has 10 heteroatoms. The Morgan fingerprint density at radius 1 is 1.12 bits per heavy atom. The molecule has 172 valence electrons. The number of aromatic nitrogens is 1. The molecule has 0 saturated heterocycles. The first kappa shape index (κ1) is 23.2. The molecule has 0 bridgehead atoms. The predicted octanol–water partition coefficient (Wildman–Crippen LogP) is 4.21. The van der Waals surface area contributed by atoms with Gasteiger partial charge in [-0.1, -0.05) is 30.0 Å². The molecule has 1 N–H and O–H groups in total. The molecule has 4 rings (SSSR count). The van der Waals surface area contributed by atoms with E-state index in [4.69, 9.17) is 0 Å². The molecule has 0 unspecified atom stereocenters. The number of nitrogens with zero attached hydrogens (tertiary/aromatic N) is 4. The van der Waals surface area contributed by atoms with Crippen LogP contribution in [0.25, 0.3) is 5.69 Å². The predicted molar refractivity (Wildman–Crippen MR) is 132 cm³/mol. The van der Waals surface area contributed by atoms with E-state index in [0.29, 0.717) is 22.3 Å². The number of sulfonamides is 1. The third-order valence-corrected chi connectivity index (χ3v) is 7.98. The molecule has 0 aliphatic carbocycles. The summed E-state index contributed by atoms with van der Waals surface area (Å²) in [7, 11) is -0.553. The van der Waals surface area contributed by atoms with Crippen LogP contribution in [0.5, 0.6) is 0 Å². The molecule has 7 nitrogen and oxygen atoms in total. The maximum Gasteiger partial charge on any atom is 0.242 e. The van der Waals surface area contributed by atoms with E-state index < -0.39 is 10.0 Å². The number of aryl methyl sites for hydroxylation is 1. The van der Waals surface area contributed by atoms with Crippen LogP contribution in [0.1, 0.15) is 17.0 Å². The number of hydrazone groups is 1. The fraction of sp³-hybridized carbons (Fsp3) is 0.217. The molecule has 1 aliphatic heterocycles. The van der Waals surface area contributed by atoms with Crippen molar-refractivity contribution in [3.63, 3.8) is 0 Å². The highest BCUT2D eigenvalue weighted by molar-refractivity contribution is 8.14. The first-order chi connectivity index (χ1) is 15.7. The van der Waals surface area contributed by atoms with Crippen molar-refractivity contribution < 1.29 is 12.8 Å². The molecule has 0 atom stereocenters. The lowest BCUT2D eigenvalue weighted by Gasteiger charge is -2.16. The van der Waals surface area contributed by atoms with Gasteiger partial charge in [-0.3, -0.25) is 5.43 Å². The molecule has 0 radical (unpaired) electrons. The summed E-state index contributed by atoms with van der Waals surface area (Å²) >= 11 is 1.47. The van der Waals surface area contributed by atoms with Gasteiger partial charge in [0, 0.05) is 36.8 Å². The van der Waals surface area contributed by atoms with E-state index >= 15 is 0 Å². The van der Waals surface area contributed by atoms with E-state index in [9.17, 15) is 12.8 Å². The van der Waals surface area contributed by atoms with Gasteiger partial charge >= 0.3 is 0 Å². The van der Waals surface area contributed by atoms with Crippen molar-refractivity contribution in [1.29, 1.82) is 0 Å². The lowest BCUT2D eigenvalue weighted by Crippen LogP contribution is -2.25. The van der Waals surface area contributed by atoms with Crippen molar-refractivity contribution in [1.82, 2.24) is 14.3 Å². The van der Waals surface area contributed by atoms with Crippen LogP contribution in [0, 0.1) is 19.7 Å². The number of halogens is 1. The third kappa shape index (κ3) is 4.59. The average molecular weight is 486 g/mol. The van der Waals surface area contributed by atoms with Crippen molar-refractivity contribution >= 4 is 38.4 Å². The second-order valence-electron chi connectivity index (χ2n) is 7.73. The highest BCUT2D eigenvalue weighted by atomic mass is 32.2. The Morgan fingerprint density at radius 2 is 1.88 bits per heavy atom.